The smallest absolute Gasteiger partial charge is 0.253 e. The van der Waals surface area contributed by atoms with Crippen molar-refractivity contribution in [3.05, 3.63) is 43.7 Å². The van der Waals surface area contributed by atoms with E-state index in [1.165, 1.54) is 6.92 Å². The summed E-state index contributed by atoms with van der Waals surface area (Å²) >= 11 is 12.0. The lowest BCUT2D eigenvalue weighted by Crippen LogP contribution is -2.36. The molecular formula is C31H40I6N6O10. The van der Waals surface area contributed by atoms with E-state index in [1.54, 1.807) is 0 Å². The van der Waals surface area contributed by atoms with Gasteiger partial charge in [0, 0.05) is 53.0 Å². The molecule has 0 heterocycles. The highest BCUT2D eigenvalue weighted by molar-refractivity contribution is 14.1. The van der Waals surface area contributed by atoms with E-state index in [0.717, 1.165) is 0 Å². The van der Waals surface area contributed by atoms with Crippen LogP contribution >= 0.6 is 136 Å². The van der Waals surface area contributed by atoms with Crippen molar-refractivity contribution < 1.29 is 49.8 Å². The fraction of sp³-hybridized carbons (Fsp3) is 0.484. The predicted octanol–water partition coefficient (Wildman–Crippen LogP) is 1.62. The minimum Gasteiger partial charge on any atom is -0.396 e. The molecule has 0 aliphatic heterocycles. The molecule has 2 rings (SSSR count). The third-order valence-electron chi connectivity index (χ3n) is 7.10. The van der Waals surface area contributed by atoms with Gasteiger partial charge >= 0.3 is 0 Å². The molecule has 12 N–H and O–H groups in total. The maximum atomic E-state index is 13.3. The van der Waals surface area contributed by atoms with Crippen LogP contribution in [0.1, 0.15) is 61.2 Å². The summed E-state index contributed by atoms with van der Waals surface area (Å²) in [7, 11) is 0. The highest BCUT2D eigenvalue weighted by atomic mass is 127. The molecule has 2 aromatic rings. The summed E-state index contributed by atoms with van der Waals surface area (Å²) in [5.74, 6) is -2.02. The molecule has 0 saturated carbocycles. The van der Waals surface area contributed by atoms with Crippen molar-refractivity contribution >= 4 is 171 Å². The zero-order valence-corrected chi connectivity index (χ0v) is 41.0. The molecule has 0 spiro atoms. The van der Waals surface area contributed by atoms with E-state index in [9.17, 15) is 49.8 Å². The molecule has 0 radical (unpaired) electrons. The number of halogens is 6. The highest BCUT2D eigenvalue weighted by Crippen LogP contribution is 2.37. The Balaban J connectivity index is 2.43. The van der Waals surface area contributed by atoms with Gasteiger partial charge in [0.1, 0.15) is 0 Å². The van der Waals surface area contributed by atoms with Crippen molar-refractivity contribution in [2.24, 2.45) is 0 Å². The first-order valence-electron chi connectivity index (χ1n) is 15.9. The van der Waals surface area contributed by atoms with Gasteiger partial charge in [-0.3, -0.25) is 19.2 Å². The van der Waals surface area contributed by atoms with Gasteiger partial charge in [-0.15, -0.1) is 0 Å². The Morgan fingerprint density at radius 3 is 1.17 bits per heavy atom. The second-order valence-electron chi connectivity index (χ2n) is 11.3. The number of aliphatic hydroxyl groups excluding tert-OH is 6. The molecule has 0 aliphatic rings. The SMILES string of the molecule is CC(O)CNC(=O)c1c(I)c(NCCCNc2c(I)c(C(=O)NCCCO)c(I)c(C(=O)NCC(O)CO)c2I)c(I)c(C(=O)NCC(O)CO)c1I. The monoisotopic (exact) mass is 1420 g/mol. The fourth-order valence-corrected chi connectivity index (χ4v) is 13.4. The lowest BCUT2D eigenvalue weighted by molar-refractivity contribution is 0.0797. The normalized spacial score (nSPS) is 12.8. The third-order valence-corrected chi connectivity index (χ3v) is 13.6. The molecule has 0 bridgehead atoms. The molecule has 22 heteroatoms. The van der Waals surface area contributed by atoms with E-state index in [-0.39, 0.29) is 55.0 Å². The zero-order chi connectivity index (χ0) is 40.0. The second kappa shape index (κ2) is 24.7. The molecule has 0 aromatic heterocycles. The number of hydrogen-bond acceptors (Lipinski definition) is 12. The van der Waals surface area contributed by atoms with E-state index in [0.29, 0.717) is 58.7 Å². The van der Waals surface area contributed by atoms with Crippen LogP contribution < -0.4 is 31.9 Å². The molecule has 3 unspecified atom stereocenters. The number of anilines is 2. The maximum Gasteiger partial charge on any atom is 0.253 e. The molecule has 4 amide bonds. The van der Waals surface area contributed by atoms with Crippen LogP contribution in [-0.2, 0) is 0 Å². The molecule has 0 fully saturated rings. The van der Waals surface area contributed by atoms with Crippen LogP contribution in [0.5, 0.6) is 0 Å². The first-order chi connectivity index (χ1) is 25.0. The Hall–Kier alpha value is 0.0600. The van der Waals surface area contributed by atoms with Crippen LogP contribution in [0.15, 0.2) is 0 Å². The quantitative estimate of drug-likeness (QED) is 0.0629. The molecular weight excluding hydrogens is 1380 g/mol. The van der Waals surface area contributed by atoms with Crippen molar-refractivity contribution in [1.82, 2.24) is 21.3 Å². The first kappa shape index (κ1) is 49.2. The maximum absolute atomic E-state index is 13.3. The van der Waals surface area contributed by atoms with Crippen molar-refractivity contribution in [1.29, 1.82) is 0 Å². The van der Waals surface area contributed by atoms with Crippen LogP contribution in [0.2, 0.25) is 0 Å². The molecule has 0 aliphatic carbocycles. The van der Waals surface area contributed by atoms with Gasteiger partial charge < -0.3 is 62.5 Å². The van der Waals surface area contributed by atoms with Crippen LogP contribution in [0, 0.1) is 21.4 Å². The number of carbonyl (C=O) groups excluding carboxylic acids is 4. The van der Waals surface area contributed by atoms with Gasteiger partial charge in [-0.1, -0.05) is 0 Å². The summed E-state index contributed by atoms with van der Waals surface area (Å²) in [6, 6.07) is 0. The second-order valence-corrected chi connectivity index (χ2v) is 17.8. The lowest BCUT2D eigenvalue weighted by atomic mass is 10.1. The predicted molar refractivity (Wildman–Crippen MR) is 250 cm³/mol. The Kier molecular flexibility index (Phi) is 23.0. The van der Waals surface area contributed by atoms with E-state index in [4.69, 9.17) is 0 Å². The molecule has 3 atom stereocenters. The number of aliphatic hydroxyl groups is 6. The Bertz CT molecular complexity index is 1640. The van der Waals surface area contributed by atoms with Crippen LogP contribution in [0.3, 0.4) is 0 Å². The van der Waals surface area contributed by atoms with Gasteiger partial charge in [-0.2, -0.15) is 0 Å². The summed E-state index contributed by atoms with van der Waals surface area (Å²) in [5.41, 5.74) is 1.96. The van der Waals surface area contributed by atoms with E-state index < -0.39 is 55.2 Å². The summed E-state index contributed by atoms with van der Waals surface area (Å²) in [6.07, 6.45) is -2.29. The summed E-state index contributed by atoms with van der Waals surface area (Å²) in [4.78, 5) is 53.3. The van der Waals surface area contributed by atoms with Crippen LogP contribution in [-0.4, -0.2) is 132 Å². The van der Waals surface area contributed by atoms with Gasteiger partial charge in [-0.05, 0) is 155 Å². The van der Waals surface area contributed by atoms with Gasteiger partial charge in [0.05, 0.1) is 79.4 Å². The van der Waals surface area contributed by atoms with Gasteiger partial charge in [0.25, 0.3) is 23.6 Å². The number of nitrogens with one attached hydrogen (secondary N) is 6. The van der Waals surface area contributed by atoms with Crippen molar-refractivity contribution in [3.8, 4) is 0 Å². The molecule has 53 heavy (non-hydrogen) atoms. The Morgan fingerprint density at radius 1 is 0.509 bits per heavy atom. The van der Waals surface area contributed by atoms with E-state index in [1.807, 2.05) is 136 Å². The van der Waals surface area contributed by atoms with Crippen LogP contribution in [0.4, 0.5) is 11.4 Å². The average molecular weight is 1420 g/mol. The van der Waals surface area contributed by atoms with Gasteiger partial charge in [0.15, 0.2) is 0 Å². The number of rotatable bonds is 21. The summed E-state index contributed by atoms with van der Waals surface area (Å²) in [6.45, 7) is 0.868. The average Bonchev–Trinajstić information content (AvgIpc) is 3.10. The van der Waals surface area contributed by atoms with E-state index in [2.05, 4.69) is 31.9 Å². The third kappa shape index (κ3) is 14.1. The molecule has 296 valence electrons. The van der Waals surface area contributed by atoms with E-state index >= 15 is 0 Å². The molecule has 16 nitrogen and oxygen atoms in total. The molecule has 2 aromatic carbocycles. The van der Waals surface area contributed by atoms with Crippen molar-refractivity contribution in [2.45, 2.75) is 38.1 Å². The highest BCUT2D eigenvalue weighted by Gasteiger charge is 2.30. The lowest BCUT2D eigenvalue weighted by Gasteiger charge is -2.21. The van der Waals surface area contributed by atoms with Gasteiger partial charge in [0.2, 0.25) is 0 Å². The number of amides is 4. The largest absolute Gasteiger partial charge is 0.396 e. The first-order valence-corrected chi connectivity index (χ1v) is 22.4. The number of benzene rings is 2. The minimum atomic E-state index is -1.17. The Labute approximate surface area is 388 Å². The van der Waals surface area contributed by atoms with Crippen molar-refractivity contribution in [3.63, 3.8) is 0 Å². The fourth-order valence-electron chi connectivity index (χ4n) is 4.38. The van der Waals surface area contributed by atoms with Crippen LogP contribution in [0.25, 0.3) is 0 Å². The van der Waals surface area contributed by atoms with Gasteiger partial charge in [-0.25, -0.2) is 0 Å². The van der Waals surface area contributed by atoms with Crippen molar-refractivity contribution in [2.75, 3.05) is 69.7 Å². The summed E-state index contributed by atoms with van der Waals surface area (Å²) in [5, 5.41) is 74.2. The topological polar surface area (TPSA) is 262 Å². The number of hydrogen-bond donors (Lipinski definition) is 12. The Morgan fingerprint density at radius 2 is 0.849 bits per heavy atom. The minimum absolute atomic E-state index is 0.00814. The zero-order valence-electron chi connectivity index (χ0n) is 28.1. The standard InChI is InChI=1S/C31H40I6N6O10/c1-13(47)8-41-29(51)17-21(33)19(31(53)43-10-15(49)12-46)25(37)27(23(17)35)39-5-2-4-38-26-22(34)16(28(50)40-6-3-7-44)20(32)18(24(26)36)30(52)42-9-14(48)11-45/h13-15,38-39,44-49H,2-12H2,1H3,(H,40,50)(H,41,51)(H,42,52)(H,43,53). The molecule has 0 saturated heterocycles. The summed E-state index contributed by atoms with van der Waals surface area (Å²) < 4.78 is 2.92. The number of carbonyl (C=O) groups is 4.